The lowest BCUT2D eigenvalue weighted by Crippen LogP contribution is -2.49. The smallest absolute Gasteiger partial charge is 0.271 e. The molecular weight excluding hydrogens is 344 g/mol. The zero-order valence-electron chi connectivity index (χ0n) is 14.4. The molecular formula is C20H20N4OS. The van der Waals surface area contributed by atoms with E-state index in [1.807, 2.05) is 24.4 Å². The van der Waals surface area contributed by atoms with E-state index in [0.717, 1.165) is 25.3 Å². The summed E-state index contributed by atoms with van der Waals surface area (Å²) in [5.74, 6) is 0.146. The van der Waals surface area contributed by atoms with Crippen molar-refractivity contribution in [3.05, 3.63) is 76.5 Å². The molecule has 2 aliphatic heterocycles. The Kier molecular flexibility index (Phi) is 3.87. The van der Waals surface area contributed by atoms with Gasteiger partial charge in [0.1, 0.15) is 5.69 Å². The van der Waals surface area contributed by atoms with Crippen LogP contribution in [0, 0.1) is 0 Å². The number of fused-ring (bicyclic) bond motifs is 3. The van der Waals surface area contributed by atoms with Gasteiger partial charge in [0.25, 0.3) is 5.91 Å². The summed E-state index contributed by atoms with van der Waals surface area (Å²) in [6.45, 7) is 3.42. The number of nitrogens with zero attached hydrogens (tertiary/aromatic N) is 4. The van der Waals surface area contributed by atoms with Crippen LogP contribution in [-0.4, -0.2) is 44.4 Å². The van der Waals surface area contributed by atoms with Crippen LogP contribution in [0.2, 0.25) is 0 Å². The molecule has 1 amide bonds. The largest absolute Gasteiger partial charge is 0.337 e. The summed E-state index contributed by atoms with van der Waals surface area (Å²) < 4.78 is 2.18. The minimum absolute atomic E-state index is 0.146. The average Bonchev–Trinajstić information content (AvgIpc) is 3.39. The number of carbonyl (C=O) groups is 1. The third kappa shape index (κ3) is 2.66. The van der Waals surface area contributed by atoms with Gasteiger partial charge >= 0.3 is 0 Å². The van der Waals surface area contributed by atoms with Crippen LogP contribution in [0.3, 0.4) is 0 Å². The standard InChI is InChI=1S/C20H20N4OS/c25-20-17-6-2-8-23(17)18-13-22(11-15-4-1-7-21-10-15)14-19(18)24(20)12-16-5-3-9-26-16/h1-10,18-19H,11-14H2/t18-,19+/m0/s1. The number of likely N-dealkylation sites (tertiary alicyclic amines) is 1. The maximum atomic E-state index is 13.1. The summed E-state index contributed by atoms with van der Waals surface area (Å²) in [6, 6.07) is 12.7. The van der Waals surface area contributed by atoms with Crippen LogP contribution in [0.1, 0.15) is 27.0 Å². The van der Waals surface area contributed by atoms with Crippen molar-refractivity contribution in [2.24, 2.45) is 0 Å². The van der Waals surface area contributed by atoms with E-state index in [1.54, 1.807) is 17.5 Å². The number of rotatable bonds is 4. The van der Waals surface area contributed by atoms with Crippen molar-refractivity contribution in [3.63, 3.8) is 0 Å². The molecule has 1 fully saturated rings. The topological polar surface area (TPSA) is 41.4 Å². The molecule has 6 heteroatoms. The summed E-state index contributed by atoms with van der Waals surface area (Å²) in [5.41, 5.74) is 2.03. The van der Waals surface area contributed by atoms with Gasteiger partial charge in [0.15, 0.2) is 0 Å². The first-order valence-electron chi connectivity index (χ1n) is 8.91. The van der Waals surface area contributed by atoms with E-state index in [2.05, 4.69) is 49.1 Å². The molecule has 0 unspecified atom stereocenters. The van der Waals surface area contributed by atoms with E-state index in [0.29, 0.717) is 12.6 Å². The van der Waals surface area contributed by atoms with Crippen molar-refractivity contribution in [2.45, 2.75) is 25.2 Å². The molecule has 0 radical (unpaired) electrons. The van der Waals surface area contributed by atoms with Gasteiger partial charge in [-0.3, -0.25) is 14.7 Å². The first-order chi connectivity index (χ1) is 12.8. The summed E-state index contributed by atoms with van der Waals surface area (Å²) >= 11 is 1.72. The molecule has 2 aliphatic rings. The Bertz CT molecular complexity index is 905. The van der Waals surface area contributed by atoms with E-state index < -0.39 is 0 Å². The van der Waals surface area contributed by atoms with Crippen molar-refractivity contribution in [2.75, 3.05) is 13.1 Å². The molecule has 5 heterocycles. The molecule has 5 nitrogen and oxygen atoms in total. The predicted octanol–water partition coefficient (Wildman–Crippen LogP) is 3.03. The van der Waals surface area contributed by atoms with Gasteiger partial charge in [-0.1, -0.05) is 12.1 Å². The van der Waals surface area contributed by atoms with Crippen LogP contribution in [0.25, 0.3) is 0 Å². The van der Waals surface area contributed by atoms with Gasteiger partial charge < -0.3 is 9.47 Å². The molecule has 26 heavy (non-hydrogen) atoms. The van der Waals surface area contributed by atoms with E-state index in [9.17, 15) is 4.79 Å². The number of thiophene rings is 1. The Morgan fingerprint density at radius 1 is 1.08 bits per heavy atom. The Morgan fingerprint density at radius 2 is 2.00 bits per heavy atom. The van der Waals surface area contributed by atoms with Gasteiger partial charge in [-0.05, 0) is 35.2 Å². The van der Waals surface area contributed by atoms with Gasteiger partial charge in [-0.15, -0.1) is 11.3 Å². The lowest BCUT2D eigenvalue weighted by Gasteiger charge is -2.38. The third-order valence-electron chi connectivity index (χ3n) is 5.39. The van der Waals surface area contributed by atoms with Crippen LogP contribution in [0.15, 0.2) is 60.4 Å². The summed E-state index contributed by atoms with van der Waals surface area (Å²) in [5, 5.41) is 2.08. The number of aromatic nitrogens is 2. The van der Waals surface area contributed by atoms with Crippen molar-refractivity contribution in [3.8, 4) is 0 Å². The number of hydrogen-bond acceptors (Lipinski definition) is 4. The second-order valence-corrected chi connectivity index (χ2v) is 8.04. The Labute approximate surface area is 156 Å². The highest BCUT2D eigenvalue weighted by molar-refractivity contribution is 7.09. The summed E-state index contributed by atoms with van der Waals surface area (Å²) in [6.07, 6.45) is 5.79. The number of hydrogen-bond donors (Lipinski definition) is 0. The van der Waals surface area contributed by atoms with Crippen molar-refractivity contribution >= 4 is 17.2 Å². The van der Waals surface area contributed by atoms with Crippen LogP contribution >= 0.6 is 11.3 Å². The quantitative estimate of drug-likeness (QED) is 0.715. The van der Waals surface area contributed by atoms with Crippen molar-refractivity contribution in [1.82, 2.24) is 19.4 Å². The molecule has 0 bridgehead atoms. The lowest BCUT2D eigenvalue weighted by molar-refractivity contribution is 0.0559. The van der Waals surface area contributed by atoms with Crippen LogP contribution in [-0.2, 0) is 13.1 Å². The highest BCUT2D eigenvalue weighted by Crippen LogP contribution is 2.35. The Hall–Kier alpha value is -2.44. The third-order valence-corrected chi connectivity index (χ3v) is 6.25. The number of amides is 1. The monoisotopic (exact) mass is 364 g/mol. The van der Waals surface area contributed by atoms with E-state index in [1.165, 1.54) is 10.4 Å². The summed E-state index contributed by atoms with van der Waals surface area (Å²) in [4.78, 5) is 23.1. The molecule has 0 aliphatic carbocycles. The fourth-order valence-corrected chi connectivity index (χ4v) is 4.93. The molecule has 1 saturated heterocycles. The summed E-state index contributed by atoms with van der Waals surface area (Å²) in [7, 11) is 0. The van der Waals surface area contributed by atoms with E-state index >= 15 is 0 Å². The molecule has 0 aromatic carbocycles. The van der Waals surface area contributed by atoms with Crippen LogP contribution < -0.4 is 0 Å². The molecule has 2 atom stereocenters. The maximum absolute atomic E-state index is 13.1. The van der Waals surface area contributed by atoms with Gasteiger partial charge in [0, 0.05) is 43.1 Å². The van der Waals surface area contributed by atoms with Gasteiger partial charge in [-0.25, -0.2) is 0 Å². The van der Waals surface area contributed by atoms with E-state index in [4.69, 9.17) is 0 Å². The highest BCUT2D eigenvalue weighted by Gasteiger charge is 2.44. The molecule has 132 valence electrons. The number of carbonyl (C=O) groups excluding carboxylic acids is 1. The van der Waals surface area contributed by atoms with Crippen LogP contribution in [0.4, 0.5) is 0 Å². The van der Waals surface area contributed by atoms with Crippen LogP contribution in [0.5, 0.6) is 0 Å². The first kappa shape index (κ1) is 15.8. The predicted molar refractivity (Wildman–Crippen MR) is 101 cm³/mol. The van der Waals surface area contributed by atoms with Gasteiger partial charge in [0.2, 0.25) is 0 Å². The minimum Gasteiger partial charge on any atom is -0.337 e. The molecule has 3 aromatic heterocycles. The van der Waals surface area contributed by atoms with Gasteiger partial charge in [-0.2, -0.15) is 0 Å². The minimum atomic E-state index is 0.146. The molecule has 0 spiro atoms. The maximum Gasteiger partial charge on any atom is 0.271 e. The fraction of sp³-hybridized carbons (Fsp3) is 0.300. The van der Waals surface area contributed by atoms with E-state index in [-0.39, 0.29) is 11.9 Å². The van der Waals surface area contributed by atoms with Gasteiger partial charge in [0.05, 0.1) is 18.6 Å². The Morgan fingerprint density at radius 3 is 2.81 bits per heavy atom. The van der Waals surface area contributed by atoms with Crippen molar-refractivity contribution in [1.29, 1.82) is 0 Å². The Balaban J connectivity index is 1.44. The zero-order chi connectivity index (χ0) is 17.5. The molecule has 0 N–H and O–H groups in total. The molecule has 0 saturated carbocycles. The lowest BCUT2D eigenvalue weighted by atomic mass is 10.1. The SMILES string of the molecule is O=C1c2cccn2[C@H]2CN(Cc3cccnc3)C[C@H]2N1Cc1cccs1. The highest BCUT2D eigenvalue weighted by atomic mass is 32.1. The first-order valence-corrected chi connectivity index (χ1v) is 9.79. The van der Waals surface area contributed by atoms with Crippen molar-refractivity contribution < 1.29 is 4.79 Å². The second kappa shape index (κ2) is 6.37. The normalized spacial score (nSPS) is 22.5. The zero-order valence-corrected chi connectivity index (χ0v) is 15.2. The second-order valence-electron chi connectivity index (χ2n) is 7.00. The fourth-order valence-electron chi connectivity index (χ4n) is 4.23. The molecule has 5 rings (SSSR count). The average molecular weight is 364 g/mol. The molecule has 3 aromatic rings. The number of pyridine rings is 1.